The van der Waals surface area contributed by atoms with Gasteiger partial charge in [-0.15, -0.1) is 0 Å². The first-order chi connectivity index (χ1) is 5.68. The number of aromatic amines is 1. The third kappa shape index (κ3) is 0.729. The zero-order valence-corrected chi connectivity index (χ0v) is 5.98. The Labute approximate surface area is 66.0 Å². The smallest absolute Gasteiger partial charge is 0.350 e. The van der Waals surface area contributed by atoms with Gasteiger partial charge in [0.25, 0.3) is 0 Å². The minimum Gasteiger partial charge on any atom is -0.394 e. The minimum atomic E-state index is -0.450. The zero-order valence-electron chi connectivity index (χ0n) is 5.98. The lowest BCUT2D eigenvalue weighted by molar-refractivity contribution is 0.847. The molecular weight excluding hydrogens is 160 g/mol. The predicted octanol–water partition coefficient (Wildman–Crippen LogP) is -1.42. The maximum absolute atomic E-state index is 11.1. The Morgan fingerprint density at radius 3 is 3.00 bits per heavy atom. The number of nitrogen functional groups attached to an aromatic ring is 2. The summed E-state index contributed by atoms with van der Waals surface area (Å²) in [5, 5.41) is 3.69. The topological polar surface area (TPSA) is 115 Å². The highest BCUT2D eigenvalue weighted by molar-refractivity contribution is 5.63. The lowest BCUT2D eigenvalue weighted by Crippen LogP contribution is -2.20. The van der Waals surface area contributed by atoms with Gasteiger partial charge >= 0.3 is 5.69 Å². The van der Waals surface area contributed by atoms with E-state index in [4.69, 9.17) is 11.5 Å². The first kappa shape index (κ1) is 6.65. The van der Waals surface area contributed by atoms with Gasteiger partial charge in [0.1, 0.15) is 0 Å². The Morgan fingerprint density at radius 2 is 2.25 bits per heavy atom. The molecule has 0 spiro atoms. The van der Waals surface area contributed by atoms with Crippen molar-refractivity contribution in [3.05, 3.63) is 16.7 Å². The number of hydrogen-bond donors (Lipinski definition) is 3. The molecule has 2 aromatic rings. The Kier molecular flexibility index (Phi) is 1.09. The molecule has 0 amide bonds. The Bertz CT molecular complexity index is 482. The first-order valence-electron chi connectivity index (χ1n) is 3.17. The van der Waals surface area contributed by atoms with Crippen molar-refractivity contribution in [1.82, 2.24) is 19.6 Å². The molecule has 0 aromatic carbocycles. The van der Waals surface area contributed by atoms with Crippen molar-refractivity contribution in [3.8, 4) is 0 Å². The average Bonchev–Trinajstić information content (AvgIpc) is 2.33. The molecule has 0 bridgehead atoms. The molecule has 62 valence electrons. The van der Waals surface area contributed by atoms with Gasteiger partial charge in [0.2, 0.25) is 5.95 Å². The molecule has 2 heterocycles. The second-order valence-electron chi connectivity index (χ2n) is 2.26. The van der Waals surface area contributed by atoms with Crippen molar-refractivity contribution in [2.75, 3.05) is 11.5 Å². The molecular formula is C5H6N6O. The van der Waals surface area contributed by atoms with Crippen LogP contribution in [0.3, 0.4) is 0 Å². The molecule has 7 heteroatoms. The largest absolute Gasteiger partial charge is 0.394 e. The van der Waals surface area contributed by atoms with Gasteiger partial charge < -0.3 is 11.5 Å². The summed E-state index contributed by atoms with van der Waals surface area (Å²) in [6, 6.07) is 0. The quantitative estimate of drug-likeness (QED) is 0.444. The van der Waals surface area contributed by atoms with E-state index < -0.39 is 5.69 Å². The number of nitrogens with zero attached hydrogens (tertiary/aromatic N) is 3. The Hall–Kier alpha value is -2.05. The van der Waals surface area contributed by atoms with Crippen LogP contribution in [-0.2, 0) is 0 Å². The number of anilines is 2. The number of hydrogen-bond acceptors (Lipinski definition) is 5. The molecule has 2 rings (SSSR count). The molecule has 0 aliphatic carbocycles. The van der Waals surface area contributed by atoms with Crippen molar-refractivity contribution in [1.29, 1.82) is 0 Å². The van der Waals surface area contributed by atoms with Crippen molar-refractivity contribution < 1.29 is 0 Å². The second-order valence-corrected chi connectivity index (χ2v) is 2.26. The standard InChI is InChI=1S/C5H6N6O/c6-2-1-8-11-3(2)9-4(7)10-5(11)12/h1H,6H2,(H3,7,9,10,12). The summed E-state index contributed by atoms with van der Waals surface area (Å²) in [6.45, 7) is 0. The van der Waals surface area contributed by atoms with Gasteiger partial charge in [0, 0.05) is 0 Å². The zero-order chi connectivity index (χ0) is 8.72. The van der Waals surface area contributed by atoms with Crippen LogP contribution in [-0.4, -0.2) is 19.6 Å². The van der Waals surface area contributed by atoms with Crippen molar-refractivity contribution in [2.24, 2.45) is 0 Å². The van der Waals surface area contributed by atoms with E-state index in [1.165, 1.54) is 6.20 Å². The number of nitrogens with two attached hydrogens (primary N) is 2. The van der Waals surface area contributed by atoms with Crippen LogP contribution in [0.2, 0.25) is 0 Å². The molecule has 0 aliphatic rings. The number of nitrogens with one attached hydrogen (secondary N) is 1. The fraction of sp³-hybridized carbons (Fsp3) is 0. The van der Waals surface area contributed by atoms with E-state index in [0.717, 1.165) is 4.52 Å². The van der Waals surface area contributed by atoms with E-state index in [1.807, 2.05) is 0 Å². The van der Waals surface area contributed by atoms with E-state index >= 15 is 0 Å². The van der Waals surface area contributed by atoms with Crippen LogP contribution in [0.4, 0.5) is 11.6 Å². The van der Waals surface area contributed by atoms with E-state index in [9.17, 15) is 4.79 Å². The van der Waals surface area contributed by atoms with Crippen molar-refractivity contribution >= 4 is 17.3 Å². The van der Waals surface area contributed by atoms with E-state index in [2.05, 4.69) is 15.1 Å². The van der Waals surface area contributed by atoms with Crippen LogP contribution in [0.5, 0.6) is 0 Å². The fourth-order valence-electron chi connectivity index (χ4n) is 0.920. The highest BCUT2D eigenvalue weighted by Crippen LogP contribution is 2.06. The highest BCUT2D eigenvalue weighted by Gasteiger charge is 2.04. The molecule has 0 radical (unpaired) electrons. The lowest BCUT2D eigenvalue weighted by atomic mass is 10.6. The molecule has 0 saturated carbocycles. The van der Waals surface area contributed by atoms with Crippen LogP contribution in [0.15, 0.2) is 11.0 Å². The van der Waals surface area contributed by atoms with Gasteiger partial charge in [-0.1, -0.05) is 0 Å². The summed E-state index contributed by atoms with van der Waals surface area (Å²) >= 11 is 0. The number of rotatable bonds is 0. The lowest BCUT2D eigenvalue weighted by Gasteiger charge is -1.93. The molecule has 0 fully saturated rings. The average molecular weight is 166 g/mol. The van der Waals surface area contributed by atoms with Gasteiger partial charge in [-0.2, -0.15) is 14.6 Å². The molecule has 7 nitrogen and oxygen atoms in total. The predicted molar refractivity (Wildman–Crippen MR) is 42.4 cm³/mol. The van der Waals surface area contributed by atoms with Crippen LogP contribution in [0.1, 0.15) is 0 Å². The van der Waals surface area contributed by atoms with Crippen molar-refractivity contribution in [3.63, 3.8) is 0 Å². The van der Waals surface area contributed by atoms with Crippen LogP contribution in [0, 0.1) is 0 Å². The summed E-state index contributed by atoms with van der Waals surface area (Å²) in [5.74, 6) is 0.0275. The van der Waals surface area contributed by atoms with Crippen LogP contribution < -0.4 is 17.2 Å². The summed E-state index contributed by atoms with van der Waals surface area (Å²) in [5.41, 5.74) is 10.9. The fourth-order valence-corrected chi connectivity index (χ4v) is 0.920. The Balaban J connectivity index is 3.03. The molecule has 2 aromatic heterocycles. The minimum absolute atomic E-state index is 0.0275. The van der Waals surface area contributed by atoms with Gasteiger partial charge in [-0.3, -0.25) is 4.98 Å². The first-order valence-corrected chi connectivity index (χ1v) is 3.17. The number of fused-ring (bicyclic) bond motifs is 1. The normalized spacial score (nSPS) is 10.7. The summed E-state index contributed by atoms with van der Waals surface area (Å²) < 4.78 is 1.05. The summed E-state index contributed by atoms with van der Waals surface area (Å²) in [7, 11) is 0. The Morgan fingerprint density at radius 1 is 1.50 bits per heavy atom. The monoisotopic (exact) mass is 166 g/mol. The summed E-state index contributed by atoms with van der Waals surface area (Å²) in [6.07, 6.45) is 1.34. The molecule has 0 unspecified atom stereocenters. The van der Waals surface area contributed by atoms with Crippen LogP contribution in [0.25, 0.3) is 5.65 Å². The van der Waals surface area contributed by atoms with Gasteiger partial charge in [0.05, 0.1) is 11.9 Å². The molecule has 0 saturated heterocycles. The molecule has 0 aliphatic heterocycles. The van der Waals surface area contributed by atoms with E-state index in [1.54, 1.807) is 0 Å². The second kappa shape index (κ2) is 1.97. The number of aromatic nitrogens is 4. The van der Waals surface area contributed by atoms with Gasteiger partial charge in [-0.05, 0) is 0 Å². The number of H-pyrrole nitrogens is 1. The molecule has 12 heavy (non-hydrogen) atoms. The third-order valence-corrected chi connectivity index (χ3v) is 1.42. The highest BCUT2D eigenvalue weighted by atomic mass is 16.1. The maximum atomic E-state index is 11.1. The van der Waals surface area contributed by atoms with E-state index in [-0.39, 0.29) is 11.6 Å². The van der Waals surface area contributed by atoms with E-state index in [0.29, 0.717) is 5.69 Å². The van der Waals surface area contributed by atoms with Crippen molar-refractivity contribution in [2.45, 2.75) is 0 Å². The molecule has 0 atom stereocenters. The van der Waals surface area contributed by atoms with Crippen LogP contribution >= 0.6 is 0 Å². The van der Waals surface area contributed by atoms with Gasteiger partial charge in [0.15, 0.2) is 5.65 Å². The van der Waals surface area contributed by atoms with Gasteiger partial charge in [-0.25, -0.2) is 4.79 Å². The summed E-state index contributed by atoms with van der Waals surface area (Å²) in [4.78, 5) is 17.2. The maximum Gasteiger partial charge on any atom is 0.350 e. The molecule has 5 N–H and O–H groups in total. The SMILES string of the molecule is Nc1nc2c(N)cnn2c(=O)[nH]1. The third-order valence-electron chi connectivity index (χ3n) is 1.42.